The van der Waals surface area contributed by atoms with Gasteiger partial charge < -0.3 is 4.74 Å². The molecule has 0 N–H and O–H groups in total. The topological polar surface area (TPSA) is 9.23 Å². The molecule has 0 aliphatic heterocycles. The normalized spacial score (nSPS) is 20.3. The van der Waals surface area contributed by atoms with Gasteiger partial charge >= 0.3 is 0 Å². The molecule has 1 heteroatoms. The minimum atomic E-state index is 0.214. The summed E-state index contributed by atoms with van der Waals surface area (Å²) in [6, 6.07) is 6.66. The van der Waals surface area contributed by atoms with Crippen LogP contribution in [0.2, 0.25) is 0 Å². The molecule has 0 aromatic heterocycles. The van der Waals surface area contributed by atoms with Crippen molar-refractivity contribution < 1.29 is 4.74 Å². The van der Waals surface area contributed by atoms with E-state index in [1.807, 2.05) is 0 Å². The molecule has 1 nitrogen and oxygen atoms in total. The zero-order valence-corrected chi connectivity index (χ0v) is 12.5. The second-order valence-electron chi connectivity index (χ2n) is 6.68. The van der Waals surface area contributed by atoms with Crippen LogP contribution < -0.4 is 4.74 Å². The van der Waals surface area contributed by atoms with E-state index in [0.717, 1.165) is 18.8 Å². The highest BCUT2D eigenvalue weighted by Crippen LogP contribution is 2.50. The van der Waals surface area contributed by atoms with Crippen molar-refractivity contribution in [3.05, 3.63) is 29.3 Å². The summed E-state index contributed by atoms with van der Waals surface area (Å²) in [5.41, 5.74) is 3.55. The average molecular weight is 246 g/mol. The Morgan fingerprint density at radius 2 is 1.89 bits per heavy atom. The van der Waals surface area contributed by atoms with Crippen molar-refractivity contribution in [1.82, 2.24) is 0 Å². The number of rotatable bonds is 3. The fraction of sp³-hybridized carbons (Fsp3) is 0.647. The maximum absolute atomic E-state index is 5.78. The Morgan fingerprint density at radius 1 is 1.17 bits per heavy atom. The number of hydrogen-bond donors (Lipinski definition) is 0. The molecule has 0 unspecified atom stereocenters. The van der Waals surface area contributed by atoms with E-state index < -0.39 is 0 Å². The second-order valence-corrected chi connectivity index (χ2v) is 6.68. The van der Waals surface area contributed by atoms with Crippen molar-refractivity contribution in [2.24, 2.45) is 5.41 Å². The van der Waals surface area contributed by atoms with E-state index in [1.54, 1.807) is 0 Å². The van der Waals surface area contributed by atoms with Crippen LogP contribution in [0.25, 0.3) is 0 Å². The van der Waals surface area contributed by atoms with Gasteiger partial charge in [-0.1, -0.05) is 40.7 Å². The summed E-state index contributed by atoms with van der Waals surface area (Å²) in [6.07, 6.45) is 3.52. The van der Waals surface area contributed by atoms with Crippen LogP contribution >= 0.6 is 0 Å². The molecule has 0 fully saturated rings. The lowest BCUT2D eigenvalue weighted by Gasteiger charge is -2.47. The molecule has 1 aliphatic rings. The molecule has 0 amide bonds. The van der Waals surface area contributed by atoms with Crippen LogP contribution in [0, 0.1) is 5.41 Å². The van der Waals surface area contributed by atoms with Crippen molar-refractivity contribution in [1.29, 1.82) is 0 Å². The molecular formula is C17H26O. The second kappa shape index (κ2) is 4.60. The third kappa shape index (κ3) is 2.15. The molecule has 100 valence electrons. The minimum Gasteiger partial charge on any atom is -0.494 e. The molecule has 2 rings (SSSR count). The number of benzene rings is 1. The zero-order chi connectivity index (χ0) is 13.4. The number of ether oxygens (including phenoxy) is 1. The van der Waals surface area contributed by atoms with Crippen LogP contribution in [0.3, 0.4) is 0 Å². The molecular weight excluding hydrogens is 220 g/mol. The summed E-state index contributed by atoms with van der Waals surface area (Å²) in [4.78, 5) is 0. The summed E-state index contributed by atoms with van der Waals surface area (Å²) in [7, 11) is 0. The van der Waals surface area contributed by atoms with Gasteiger partial charge in [0.25, 0.3) is 0 Å². The Hall–Kier alpha value is -0.980. The quantitative estimate of drug-likeness (QED) is 0.749. The average Bonchev–Trinajstić information content (AvgIpc) is 2.32. The van der Waals surface area contributed by atoms with Gasteiger partial charge in [-0.15, -0.1) is 0 Å². The van der Waals surface area contributed by atoms with Crippen LogP contribution in [0.15, 0.2) is 18.2 Å². The summed E-state index contributed by atoms with van der Waals surface area (Å²) in [6.45, 7) is 12.5. The minimum absolute atomic E-state index is 0.214. The van der Waals surface area contributed by atoms with Gasteiger partial charge in [0.15, 0.2) is 0 Å². The monoisotopic (exact) mass is 246 g/mol. The molecule has 0 bridgehead atoms. The molecule has 1 aliphatic carbocycles. The van der Waals surface area contributed by atoms with E-state index in [-0.39, 0.29) is 5.41 Å². The fourth-order valence-corrected chi connectivity index (χ4v) is 2.79. The van der Waals surface area contributed by atoms with Gasteiger partial charge in [-0.3, -0.25) is 0 Å². The van der Waals surface area contributed by atoms with Crippen LogP contribution in [-0.4, -0.2) is 6.61 Å². The molecule has 1 aromatic rings. The van der Waals surface area contributed by atoms with E-state index >= 15 is 0 Å². The smallest absolute Gasteiger partial charge is 0.119 e. The molecule has 0 atom stereocenters. The number of hydrogen-bond acceptors (Lipinski definition) is 1. The molecule has 0 heterocycles. The predicted molar refractivity (Wildman–Crippen MR) is 77.4 cm³/mol. The predicted octanol–water partition coefficient (Wildman–Crippen LogP) is 4.73. The van der Waals surface area contributed by atoms with Crippen molar-refractivity contribution >= 4 is 0 Å². The van der Waals surface area contributed by atoms with Gasteiger partial charge in [-0.05, 0) is 53.4 Å². The van der Waals surface area contributed by atoms with E-state index in [1.165, 1.54) is 24.0 Å². The highest BCUT2D eigenvalue weighted by molar-refractivity contribution is 5.43. The Labute approximate surface area is 112 Å². The SMILES string of the molecule is CCCOc1ccc2c(c1)C(C)(C)C(C)(C)CC2. The van der Waals surface area contributed by atoms with E-state index in [9.17, 15) is 0 Å². The van der Waals surface area contributed by atoms with E-state index in [4.69, 9.17) is 4.74 Å². The van der Waals surface area contributed by atoms with Crippen LogP contribution in [0.1, 0.15) is 58.6 Å². The first-order valence-electron chi connectivity index (χ1n) is 7.15. The Bertz CT molecular complexity index is 429. The number of aryl methyl sites for hydroxylation is 1. The first-order valence-corrected chi connectivity index (χ1v) is 7.15. The first kappa shape index (κ1) is 13.5. The van der Waals surface area contributed by atoms with Crippen LogP contribution in [0.4, 0.5) is 0 Å². The van der Waals surface area contributed by atoms with Gasteiger partial charge in [-0.25, -0.2) is 0 Å². The van der Waals surface area contributed by atoms with Crippen molar-refractivity contribution in [2.75, 3.05) is 6.61 Å². The molecule has 1 aromatic carbocycles. The molecule has 0 saturated heterocycles. The summed E-state index contributed by atoms with van der Waals surface area (Å²) in [5.74, 6) is 1.03. The molecule has 0 spiro atoms. The van der Waals surface area contributed by atoms with Gasteiger partial charge in [0.05, 0.1) is 6.61 Å². The van der Waals surface area contributed by atoms with E-state index in [2.05, 4.69) is 52.8 Å². The third-order valence-electron chi connectivity index (χ3n) is 4.94. The standard InChI is InChI=1S/C17H26O/c1-6-11-18-14-8-7-13-9-10-16(2,3)17(4,5)15(13)12-14/h7-8,12H,6,9-11H2,1-5H3. The first-order chi connectivity index (χ1) is 8.38. The zero-order valence-electron chi connectivity index (χ0n) is 12.5. The number of fused-ring (bicyclic) bond motifs is 1. The van der Waals surface area contributed by atoms with Gasteiger partial charge in [-0.2, -0.15) is 0 Å². The molecule has 18 heavy (non-hydrogen) atoms. The molecule has 0 saturated carbocycles. The maximum atomic E-state index is 5.78. The van der Waals surface area contributed by atoms with Gasteiger partial charge in [0.2, 0.25) is 0 Å². The fourth-order valence-electron chi connectivity index (χ4n) is 2.79. The van der Waals surface area contributed by atoms with Crippen molar-refractivity contribution in [2.45, 2.75) is 59.3 Å². The summed E-state index contributed by atoms with van der Waals surface area (Å²) in [5, 5.41) is 0. The van der Waals surface area contributed by atoms with Crippen molar-refractivity contribution in [3.63, 3.8) is 0 Å². The van der Waals surface area contributed by atoms with Gasteiger partial charge in [0.1, 0.15) is 5.75 Å². The van der Waals surface area contributed by atoms with Crippen LogP contribution in [0.5, 0.6) is 5.75 Å². The lowest BCUT2D eigenvalue weighted by Crippen LogP contribution is -2.41. The highest BCUT2D eigenvalue weighted by Gasteiger charge is 2.42. The Kier molecular flexibility index (Phi) is 3.44. The Balaban J connectivity index is 2.38. The Morgan fingerprint density at radius 3 is 2.56 bits per heavy atom. The summed E-state index contributed by atoms with van der Waals surface area (Å²) < 4.78 is 5.78. The summed E-state index contributed by atoms with van der Waals surface area (Å²) >= 11 is 0. The van der Waals surface area contributed by atoms with Crippen molar-refractivity contribution in [3.8, 4) is 5.75 Å². The highest BCUT2D eigenvalue weighted by atomic mass is 16.5. The lowest BCUT2D eigenvalue weighted by atomic mass is 9.57. The third-order valence-corrected chi connectivity index (χ3v) is 4.94. The molecule has 0 radical (unpaired) electrons. The van der Waals surface area contributed by atoms with Gasteiger partial charge in [0, 0.05) is 0 Å². The van der Waals surface area contributed by atoms with Crippen LogP contribution in [-0.2, 0) is 11.8 Å². The van der Waals surface area contributed by atoms with E-state index in [0.29, 0.717) is 5.41 Å². The maximum Gasteiger partial charge on any atom is 0.119 e. The lowest BCUT2D eigenvalue weighted by molar-refractivity contribution is 0.164. The largest absolute Gasteiger partial charge is 0.494 e.